The Morgan fingerprint density at radius 3 is 2.04 bits per heavy atom. The molecule has 2 aliphatic carbocycles. The number of allylic oxidation sites excluding steroid dienone is 6. The van der Waals surface area contributed by atoms with Crippen LogP contribution < -0.4 is 0 Å². The molecule has 4 rings (SSSR count). The van der Waals surface area contributed by atoms with Gasteiger partial charge in [-0.15, -0.1) is 11.8 Å². The third-order valence-corrected chi connectivity index (χ3v) is 8.05. The molecule has 2 aliphatic heterocycles. The molecule has 0 aromatic carbocycles. The van der Waals surface area contributed by atoms with E-state index in [-0.39, 0.29) is 9.81 Å². The molecule has 0 spiro atoms. The maximum Gasteiger partial charge on any atom is 0.380 e. The first-order valence-electron chi connectivity index (χ1n) is 7.36. The van der Waals surface area contributed by atoms with Gasteiger partial charge >= 0.3 is 23.7 Å². The predicted molar refractivity (Wildman–Crippen MR) is 85.1 cm³/mol. The summed E-state index contributed by atoms with van der Waals surface area (Å²) in [5.74, 6) is -17.2. The van der Waals surface area contributed by atoms with Crippen LogP contribution in [0.2, 0.25) is 0 Å². The molecule has 2 heterocycles. The summed E-state index contributed by atoms with van der Waals surface area (Å²) in [6.45, 7) is 2.88. The molecule has 0 bridgehead atoms. The lowest BCUT2D eigenvalue weighted by Gasteiger charge is -2.45. The van der Waals surface area contributed by atoms with Gasteiger partial charge in [-0.2, -0.15) is 26.3 Å². The quantitative estimate of drug-likeness (QED) is 0.584. The van der Waals surface area contributed by atoms with Crippen molar-refractivity contribution in [3.63, 3.8) is 0 Å². The number of hydrogen-bond acceptors (Lipinski definition) is 3. The minimum Gasteiger partial charge on any atom is -0.477 e. The molecule has 0 saturated heterocycles. The lowest BCUT2D eigenvalue weighted by Crippen LogP contribution is -2.47. The fraction of sp³-hybridized carbons (Fsp3) is 0.438. The van der Waals surface area contributed by atoms with Crippen molar-refractivity contribution in [2.45, 2.75) is 31.6 Å². The van der Waals surface area contributed by atoms with E-state index in [1.165, 1.54) is 31.4 Å². The highest BCUT2D eigenvalue weighted by Crippen LogP contribution is 2.76. The van der Waals surface area contributed by atoms with Crippen molar-refractivity contribution in [2.75, 3.05) is 0 Å². The Balaban J connectivity index is 2.14. The lowest BCUT2D eigenvalue weighted by molar-refractivity contribution is -0.258. The largest absolute Gasteiger partial charge is 0.477 e. The van der Waals surface area contributed by atoms with E-state index < -0.39 is 50.6 Å². The van der Waals surface area contributed by atoms with Crippen molar-refractivity contribution in [3.8, 4) is 0 Å². The molecular weight excluding hydrogens is 402 g/mol. The van der Waals surface area contributed by atoms with E-state index in [1.54, 1.807) is 0 Å². The van der Waals surface area contributed by atoms with Crippen molar-refractivity contribution in [3.05, 3.63) is 43.4 Å². The van der Waals surface area contributed by atoms with Crippen LogP contribution in [0.5, 0.6) is 0 Å². The van der Waals surface area contributed by atoms with E-state index in [2.05, 4.69) is 0 Å². The normalized spacial score (nSPS) is 38.2. The van der Waals surface area contributed by atoms with Gasteiger partial charge in [0.05, 0.1) is 4.91 Å². The molecule has 0 amide bonds. The van der Waals surface area contributed by atoms with Crippen molar-refractivity contribution >= 4 is 29.5 Å². The van der Waals surface area contributed by atoms with Gasteiger partial charge < -0.3 is 5.11 Å². The van der Waals surface area contributed by atoms with E-state index in [9.17, 15) is 36.2 Å². The summed E-state index contributed by atoms with van der Waals surface area (Å²) in [5, 5.41) is 10.6. The van der Waals surface area contributed by atoms with Gasteiger partial charge in [-0.05, 0) is 5.41 Å². The lowest BCUT2D eigenvalue weighted by atomic mass is 9.60. The highest BCUT2D eigenvalue weighted by atomic mass is 32.2. The van der Waals surface area contributed by atoms with Gasteiger partial charge in [0.2, 0.25) is 0 Å². The SMILES string of the molecule is C[C@@]12C=CSC1=C1C(=C3SC(C(=O)O)=C[C@]32C)C(F)(F)C(F)(F)C1(F)F. The third kappa shape index (κ3) is 1.60. The van der Waals surface area contributed by atoms with E-state index in [0.29, 0.717) is 23.5 Å². The van der Waals surface area contributed by atoms with Gasteiger partial charge in [0.1, 0.15) is 0 Å². The minimum absolute atomic E-state index is 0.288. The van der Waals surface area contributed by atoms with E-state index in [4.69, 9.17) is 0 Å². The highest BCUT2D eigenvalue weighted by Gasteiger charge is 2.84. The Hall–Kier alpha value is -1.29. The molecule has 1 fully saturated rings. The second-order valence-corrected chi connectivity index (χ2v) is 8.84. The van der Waals surface area contributed by atoms with Gasteiger partial charge in [0.25, 0.3) is 0 Å². The Labute approximate surface area is 152 Å². The number of aliphatic carboxylic acids is 1. The van der Waals surface area contributed by atoms with Gasteiger partial charge in [-0.25, -0.2) is 4.79 Å². The standard InChI is InChI=1S/C16H10F6O2S2/c1-12-3-4-25-9(12)7-8(15(19,20)16(21,22)14(7,17)18)10-13(12,2)5-6(26-10)11(23)24/h3-5H,1-2H3,(H,23,24)/t12-,13-/m1/s1. The number of carboxylic acids is 1. The molecule has 2 nitrogen and oxygen atoms in total. The van der Waals surface area contributed by atoms with Gasteiger partial charge in [0.15, 0.2) is 0 Å². The first-order valence-corrected chi connectivity index (χ1v) is 9.06. The van der Waals surface area contributed by atoms with Crippen LogP contribution in [0.3, 0.4) is 0 Å². The zero-order valence-corrected chi connectivity index (χ0v) is 14.8. The van der Waals surface area contributed by atoms with Crippen LogP contribution >= 0.6 is 23.5 Å². The van der Waals surface area contributed by atoms with E-state index in [1.807, 2.05) is 0 Å². The maximum atomic E-state index is 14.5. The summed E-state index contributed by atoms with van der Waals surface area (Å²) in [7, 11) is 0. The van der Waals surface area contributed by atoms with Crippen LogP contribution in [0.15, 0.2) is 43.4 Å². The van der Waals surface area contributed by atoms with Crippen LogP contribution in [0.1, 0.15) is 13.8 Å². The molecule has 0 aromatic heterocycles. The molecule has 1 N–H and O–H groups in total. The molecule has 0 radical (unpaired) electrons. The fourth-order valence-corrected chi connectivity index (χ4v) is 6.64. The van der Waals surface area contributed by atoms with Crippen LogP contribution in [0, 0.1) is 10.8 Å². The zero-order valence-electron chi connectivity index (χ0n) is 13.2. The van der Waals surface area contributed by atoms with Crippen LogP contribution in [0.4, 0.5) is 26.3 Å². The highest BCUT2D eigenvalue weighted by molar-refractivity contribution is 8.08. The topological polar surface area (TPSA) is 37.3 Å². The number of halogens is 6. The van der Waals surface area contributed by atoms with Crippen LogP contribution in [-0.2, 0) is 4.79 Å². The van der Waals surface area contributed by atoms with Gasteiger partial charge in [-0.3, -0.25) is 0 Å². The second-order valence-electron chi connectivity index (χ2n) is 6.87. The number of fused-ring (bicyclic) bond motifs is 4. The zero-order chi connectivity index (χ0) is 19.5. The first kappa shape index (κ1) is 18.1. The number of carboxylic acid groups (broad SMARTS) is 1. The molecule has 1 saturated carbocycles. The Morgan fingerprint density at radius 2 is 1.50 bits per heavy atom. The number of rotatable bonds is 1. The van der Waals surface area contributed by atoms with Gasteiger partial charge in [0, 0.05) is 31.8 Å². The summed E-state index contributed by atoms with van der Waals surface area (Å²) in [5.41, 5.74) is -5.57. The van der Waals surface area contributed by atoms with Gasteiger partial charge in [-0.1, -0.05) is 37.8 Å². The number of carbonyl (C=O) groups is 1. The molecule has 0 unspecified atom stereocenters. The van der Waals surface area contributed by atoms with E-state index in [0.717, 1.165) is 0 Å². The molecular formula is C16H10F6O2S2. The van der Waals surface area contributed by atoms with E-state index >= 15 is 0 Å². The summed E-state index contributed by atoms with van der Waals surface area (Å²) >= 11 is 1.04. The summed E-state index contributed by atoms with van der Waals surface area (Å²) in [4.78, 5) is 10.3. The molecule has 0 aromatic rings. The first-order chi connectivity index (χ1) is 11.7. The van der Waals surface area contributed by atoms with Crippen molar-refractivity contribution in [1.82, 2.24) is 0 Å². The number of thioether (sulfide) groups is 2. The van der Waals surface area contributed by atoms with Crippen molar-refractivity contribution < 1.29 is 36.2 Å². The Kier molecular flexibility index (Phi) is 3.18. The van der Waals surface area contributed by atoms with Crippen LogP contribution in [0.25, 0.3) is 0 Å². The fourth-order valence-electron chi connectivity index (χ4n) is 3.88. The summed E-state index contributed by atoms with van der Waals surface area (Å²) in [6, 6.07) is 0. The molecule has 10 heteroatoms. The third-order valence-electron chi connectivity index (χ3n) is 5.57. The molecule has 4 aliphatic rings. The monoisotopic (exact) mass is 412 g/mol. The smallest absolute Gasteiger partial charge is 0.380 e. The Bertz CT molecular complexity index is 900. The average molecular weight is 412 g/mol. The summed E-state index contributed by atoms with van der Waals surface area (Å²) in [6.07, 6.45) is 2.67. The Morgan fingerprint density at radius 1 is 0.962 bits per heavy atom. The molecule has 2 atom stereocenters. The minimum atomic E-state index is -5.60. The predicted octanol–water partition coefficient (Wildman–Crippen LogP) is 5.42. The maximum absolute atomic E-state index is 14.5. The van der Waals surface area contributed by atoms with Crippen molar-refractivity contribution in [2.24, 2.45) is 10.8 Å². The number of hydrogen-bond donors (Lipinski definition) is 1. The second kappa shape index (κ2) is 4.57. The van der Waals surface area contributed by atoms with Crippen molar-refractivity contribution in [1.29, 1.82) is 0 Å². The number of alkyl halides is 6. The average Bonchev–Trinajstić information content (AvgIpc) is 3.09. The summed E-state index contributed by atoms with van der Waals surface area (Å²) < 4.78 is 86.2. The molecule has 26 heavy (non-hydrogen) atoms. The van der Waals surface area contributed by atoms with Crippen LogP contribution in [-0.4, -0.2) is 28.8 Å². The molecule has 140 valence electrons.